The predicted octanol–water partition coefficient (Wildman–Crippen LogP) is 1.59. The molecule has 7 nitrogen and oxygen atoms in total. The van der Waals surface area contributed by atoms with Crippen molar-refractivity contribution in [2.75, 3.05) is 11.5 Å². The van der Waals surface area contributed by atoms with Crippen LogP contribution < -0.4 is 17.1 Å². The van der Waals surface area contributed by atoms with Gasteiger partial charge < -0.3 is 15.9 Å². The first-order valence-corrected chi connectivity index (χ1v) is 6.37. The highest BCUT2D eigenvalue weighted by atomic mass is 16.4. The second-order valence-corrected chi connectivity index (χ2v) is 4.76. The van der Waals surface area contributed by atoms with Crippen LogP contribution in [0.4, 0.5) is 11.8 Å². The van der Waals surface area contributed by atoms with Gasteiger partial charge in [0, 0.05) is 17.0 Å². The molecule has 0 saturated carbocycles. The van der Waals surface area contributed by atoms with Gasteiger partial charge in [0.15, 0.2) is 0 Å². The van der Waals surface area contributed by atoms with Gasteiger partial charge in [0.25, 0.3) is 0 Å². The van der Waals surface area contributed by atoms with E-state index in [2.05, 4.69) is 9.97 Å². The van der Waals surface area contributed by atoms with Crippen molar-refractivity contribution in [3.63, 3.8) is 0 Å². The molecule has 3 aromatic rings. The summed E-state index contributed by atoms with van der Waals surface area (Å²) in [6.45, 7) is 1.82. The van der Waals surface area contributed by atoms with Crippen molar-refractivity contribution < 1.29 is 4.42 Å². The van der Waals surface area contributed by atoms with Gasteiger partial charge in [0.05, 0.1) is 5.69 Å². The van der Waals surface area contributed by atoms with E-state index >= 15 is 0 Å². The Kier molecular flexibility index (Phi) is 3.00. The molecule has 1 aromatic carbocycles. The fraction of sp³-hybridized carbons (Fsp3) is 0.0667. The van der Waals surface area contributed by atoms with Crippen molar-refractivity contribution in [2.24, 2.45) is 0 Å². The fourth-order valence-corrected chi connectivity index (χ4v) is 2.29. The molecule has 4 N–H and O–H groups in total. The van der Waals surface area contributed by atoms with Crippen LogP contribution in [0.1, 0.15) is 11.1 Å². The first kappa shape index (κ1) is 13.6. The normalized spacial score (nSPS) is 10.5. The highest BCUT2D eigenvalue weighted by Crippen LogP contribution is 2.28. The Labute approximate surface area is 124 Å². The summed E-state index contributed by atoms with van der Waals surface area (Å²) < 4.78 is 5.19. The van der Waals surface area contributed by atoms with E-state index in [0.717, 1.165) is 10.9 Å². The minimum atomic E-state index is -0.440. The molecule has 108 valence electrons. The molecule has 2 heterocycles. The average Bonchev–Trinajstić information content (AvgIpc) is 2.45. The number of nitrogen functional groups attached to an aromatic ring is 2. The third-order valence-electron chi connectivity index (χ3n) is 3.29. The minimum Gasteiger partial charge on any atom is -0.423 e. The van der Waals surface area contributed by atoms with Crippen molar-refractivity contribution in [3.8, 4) is 17.3 Å². The molecule has 0 aliphatic heterocycles. The number of rotatable bonds is 1. The molecule has 0 aliphatic carbocycles. The summed E-state index contributed by atoms with van der Waals surface area (Å²) in [5.74, 6) is -0.0203. The topological polar surface area (TPSA) is 132 Å². The number of aryl methyl sites for hydroxylation is 1. The number of benzene rings is 1. The van der Waals surface area contributed by atoms with Crippen molar-refractivity contribution in [3.05, 3.63) is 45.8 Å². The van der Waals surface area contributed by atoms with E-state index in [1.54, 1.807) is 18.2 Å². The molecule has 7 heteroatoms. The number of anilines is 2. The predicted molar refractivity (Wildman–Crippen MR) is 81.8 cm³/mol. The number of nitriles is 1. The van der Waals surface area contributed by atoms with E-state index in [0.29, 0.717) is 16.8 Å². The van der Waals surface area contributed by atoms with Crippen LogP contribution in [0.3, 0.4) is 0 Å². The Hall–Kier alpha value is -3.40. The SMILES string of the molecule is Cc1cc(=O)oc2cc(-c3nc(N)nc(N)c3C#N)ccc12. The van der Waals surface area contributed by atoms with Gasteiger partial charge in [-0.15, -0.1) is 0 Å². The Morgan fingerprint density at radius 1 is 1.23 bits per heavy atom. The highest BCUT2D eigenvalue weighted by molar-refractivity contribution is 5.86. The van der Waals surface area contributed by atoms with Gasteiger partial charge in [-0.3, -0.25) is 0 Å². The zero-order valence-corrected chi connectivity index (χ0v) is 11.6. The maximum atomic E-state index is 11.5. The first-order chi connectivity index (χ1) is 10.5. The monoisotopic (exact) mass is 293 g/mol. The van der Waals surface area contributed by atoms with Crippen LogP contribution in [0.15, 0.2) is 33.5 Å². The average molecular weight is 293 g/mol. The molecule has 0 fully saturated rings. The standard InChI is InChI=1S/C15H11N5O2/c1-7-4-12(21)22-11-5-8(2-3-9(7)11)13-10(6-16)14(17)20-15(18)19-13/h2-5H,1H3,(H4,17,18,19,20). The van der Waals surface area contributed by atoms with Crippen molar-refractivity contribution in [1.82, 2.24) is 9.97 Å². The molecule has 2 aromatic heterocycles. The van der Waals surface area contributed by atoms with Crippen molar-refractivity contribution in [1.29, 1.82) is 5.26 Å². The number of nitrogens with two attached hydrogens (primary N) is 2. The van der Waals surface area contributed by atoms with E-state index in [1.165, 1.54) is 6.07 Å². The molecule has 0 bridgehead atoms. The molecule has 22 heavy (non-hydrogen) atoms. The van der Waals surface area contributed by atoms with Gasteiger partial charge in [-0.2, -0.15) is 10.2 Å². The Bertz CT molecular complexity index is 1000. The number of hydrogen-bond acceptors (Lipinski definition) is 7. The first-order valence-electron chi connectivity index (χ1n) is 6.37. The van der Waals surface area contributed by atoms with E-state index in [9.17, 15) is 10.1 Å². The van der Waals surface area contributed by atoms with Crippen LogP contribution in [0, 0.1) is 18.3 Å². The second-order valence-electron chi connectivity index (χ2n) is 4.76. The van der Waals surface area contributed by atoms with E-state index < -0.39 is 5.63 Å². The zero-order chi connectivity index (χ0) is 15.9. The fourth-order valence-electron chi connectivity index (χ4n) is 2.29. The Morgan fingerprint density at radius 2 is 2.00 bits per heavy atom. The van der Waals surface area contributed by atoms with Crippen LogP contribution in [-0.4, -0.2) is 9.97 Å². The Morgan fingerprint density at radius 3 is 2.73 bits per heavy atom. The molecule has 0 atom stereocenters. The summed E-state index contributed by atoms with van der Waals surface area (Å²) in [7, 11) is 0. The third-order valence-corrected chi connectivity index (χ3v) is 3.29. The summed E-state index contributed by atoms with van der Waals surface area (Å²) in [6, 6.07) is 8.56. The maximum Gasteiger partial charge on any atom is 0.336 e. The zero-order valence-electron chi connectivity index (χ0n) is 11.6. The van der Waals surface area contributed by atoms with Crippen LogP contribution in [-0.2, 0) is 0 Å². The van der Waals surface area contributed by atoms with Gasteiger partial charge in [-0.05, 0) is 18.6 Å². The van der Waals surface area contributed by atoms with E-state index in [1.807, 2.05) is 13.0 Å². The lowest BCUT2D eigenvalue weighted by atomic mass is 10.0. The molecular formula is C15H11N5O2. The lowest BCUT2D eigenvalue weighted by Gasteiger charge is -2.08. The number of hydrogen-bond donors (Lipinski definition) is 2. The van der Waals surface area contributed by atoms with Gasteiger partial charge in [-0.25, -0.2) is 9.78 Å². The third kappa shape index (κ3) is 2.13. The molecule has 0 amide bonds. The van der Waals surface area contributed by atoms with Crippen LogP contribution >= 0.6 is 0 Å². The number of nitrogens with zero attached hydrogens (tertiary/aromatic N) is 3. The largest absolute Gasteiger partial charge is 0.423 e. The molecular weight excluding hydrogens is 282 g/mol. The van der Waals surface area contributed by atoms with E-state index in [-0.39, 0.29) is 17.3 Å². The van der Waals surface area contributed by atoms with Crippen LogP contribution in [0.25, 0.3) is 22.2 Å². The summed E-state index contributed by atoms with van der Waals surface area (Å²) in [4.78, 5) is 19.3. The molecule has 3 rings (SSSR count). The lowest BCUT2D eigenvalue weighted by molar-refractivity contribution is 0.560. The molecule has 0 saturated heterocycles. The summed E-state index contributed by atoms with van der Waals surface area (Å²) in [5.41, 5.74) is 13.1. The summed E-state index contributed by atoms with van der Waals surface area (Å²) in [6.07, 6.45) is 0. The second kappa shape index (κ2) is 4.86. The maximum absolute atomic E-state index is 11.5. The van der Waals surface area contributed by atoms with Gasteiger partial charge in [0.2, 0.25) is 5.95 Å². The highest BCUT2D eigenvalue weighted by Gasteiger charge is 2.14. The van der Waals surface area contributed by atoms with Crippen molar-refractivity contribution in [2.45, 2.75) is 6.92 Å². The quantitative estimate of drug-likeness (QED) is 0.651. The van der Waals surface area contributed by atoms with Crippen LogP contribution in [0.5, 0.6) is 0 Å². The lowest BCUT2D eigenvalue weighted by Crippen LogP contribution is -2.05. The van der Waals surface area contributed by atoms with Crippen LogP contribution in [0.2, 0.25) is 0 Å². The van der Waals surface area contributed by atoms with Crippen molar-refractivity contribution >= 4 is 22.7 Å². The van der Waals surface area contributed by atoms with E-state index in [4.69, 9.17) is 15.9 Å². The van der Waals surface area contributed by atoms with Gasteiger partial charge in [-0.1, -0.05) is 12.1 Å². The summed E-state index contributed by atoms with van der Waals surface area (Å²) in [5, 5.41) is 10.0. The molecule has 0 aliphatic rings. The minimum absolute atomic E-state index is 0.00999. The smallest absolute Gasteiger partial charge is 0.336 e. The van der Waals surface area contributed by atoms with Gasteiger partial charge >= 0.3 is 5.63 Å². The summed E-state index contributed by atoms with van der Waals surface area (Å²) >= 11 is 0. The number of fused-ring (bicyclic) bond motifs is 1. The molecule has 0 unspecified atom stereocenters. The number of aromatic nitrogens is 2. The molecule has 0 radical (unpaired) electrons. The Balaban J connectivity index is 2.32. The molecule has 0 spiro atoms. The van der Waals surface area contributed by atoms with Gasteiger partial charge in [0.1, 0.15) is 23.0 Å².